The van der Waals surface area contributed by atoms with Gasteiger partial charge in [0.25, 0.3) is 5.91 Å². The van der Waals surface area contributed by atoms with E-state index in [9.17, 15) is 4.79 Å². The Morgan fingerprint density at radius 3 is 2.77 bits per heavy atom. The molecule has 2 aromatic heterocycles. The summed E-state index contributed by atoms with van der Waals surface area (Å²) in [5, 5.41) is 5.85. The van der Waals surface area contributed by atoms with Crippen LogP contribution in [0.3, 0.4) is 0 Å². The first-order valence-corrected chi connectivity index (χ1v) is 6.94. The highest BCUT2D eigenvalue weighted by molar-refractivity contribution is 5.92. The van der Waals surface area contributed by atoms with Gasteiger partial charge in [-0.3, -0.25) is 9.78 Å². The first kappa shape index (κ1) is 15.8. The van der Waals surface area contributed by atoms with Crippen molar-refractivity contribution in [2.45, 2.75) is 13.5 Å². The van der Waals surface area contributed by atoms with Crippen LogP contribution in [0.5, 0.6) is 0 Å². The predicted octanol–water partition coefficient (Wildman–Crippen LogP) is 1.17. The Kier molecular flexibility index (Phi) is 5.79. The van der Waals surface area contributed by atoms with Gasteiger partial charge in [-0.15, -0.1) is 0 Å². The molecule has 7 heteroatoms. The second-order valence-corrected chi connectivity index (χ2v) is 4.68. The number of aromatic nitrogens is 3. The summed E-state index contributed by atoms with van der Waals surface area (Å²) in [4.78, 5) is 24.6. The molecule has 0 aromatic carbocycles. The molecular weight excluding hydrogens is 282 g/mol. The number of rotatable bonds is 7. The van der Waals surface area contributed by atoms with Crippen molar-refractivity contribution in [2.24, 2.45) is 0 Å². The molecule has 116 valence electrons. The highest BCUT2D eigenvalue weighted by Gasteiger charge is 2.10. The molecule has 2 heterocycles. The lowest BCUT2D eigenvalue weighted by molar-refractivity contribution is 0.0945. The molecule has 0 bridgehead atoms. The molecule has 0 saturated carbocycles. The molecule has 22 heavy (non-hydrogen) atoms. The van der Waals surface area contributed by atoms with E-state index in [2.05, 4.69) is 25.6 Å². The molecule has 0 atom stereocenters. The van der Waals surface area contributed by atoms with Gasteiger partial charge in [0.05, 0.1) is 6.61 Å². The highest BCUT2D eigenvalue weighted by atomic mass is 16.5. The summed E-state index contributed by atoms with van der Waals surface area (Å²) in [6.07, 6.45) is 3.38. The zero-order valence-corrected chi connectivity index (χ0v) is 12.7. The van der Waals surface area contributed by atoms with Gasteiger partial charge in [-0.05, 0) is 30.7 Å². The number of nitrogens with zero attached hydrogens (tertiary/aromatic N) is 3. The van der Waals surface area contributed by atoms with Crippen LogP contribution < -0.4 is 10.6 Å². The van der Waals surface area contributed by atoms with Crippen molar-refractivity contribution < 1.29 is 9.53 Å². The number of pyridine rings is 1. The Morgan fingerprint density at radius 2 is 2.05 bits per heavy atom. The third kappa shape index (κ3) is 4.78. The molecule has 2 rings (SSSR count). The quantitative estimate of drug-likeness (QED) is 0.746. The minimum absolute atomic E-state index is 0.239. The summed E-state index contributed by atoms with van der Waals surface area (Å²) in [5.74, 6) is 0.184. The summed E-state index contributed by atoms with van der Waals surface area (Å²) >= 11 is 0. The van der Waals surface area contributed by atoms with Crippen molar-refractivity contribution in [1.29, 1.82) is 0 Å². The summed E-state index contributed by atoms with van der Waals surface area (Å²) in [7, 11) is 1.62. The number of ether oxygens (including phenoxy) is 1. The van der Waals surface area contributed by atoms with E-state index in [4.69, 9.17) is 4.74 Å². The molecule has 0 saturated heterocycles. The number of methoxy groups -OCH3 is 1. The largest absolute Gasteiger partial charge is 0.383 e. The maximum absolute atomic E-state index is 12.2. The molecule has 0 unspecified atom stereocenters. The minimum Gasteiger partial charge on any atom is -0.383 e. The van der Waals surface area contributed by atoms with Crippen LogP contribution in [0, 0.1) is 6.92 Å². The van der Waals surface area contributed by atoms with Crippen LogP contribution in [0.15, 0.2) is 30.6 Å². The average Bonchev–Trinajstić information content (AvgIpc) is 2.53. The van der Waals surface area contributed by atoms with E-state index < -0.39 is 0 Å². The molecule has 2 N–H and O–H groups in total. The summed E-state index contributed by atoms with van der Waals surface area (Å²) in [6.45, 7) is 3.37. The molecule has 0 spiro atoms. The molecule has 1 amide bonds. The molecule has 7 nitrogen and oxygen atoms in total. The fourth-order valence-electron chi connectivity index (χ4n) is 1.80. The third-order valence-electron chi connectivity index (χ3n) is 2.88. The molecule has 0 aliphatic rings. The summed E-state index contributed by atoms with van der Waals surface area (Å²) in [5.41, 5.74) is 2.04. The summed E-state index contributed by atoms with van der Waals surface area (Å²) < 4.78 is 4.96. The van der Waals surface area contributed by atoms with Crippen LogP contribution >= 0.6 is 0 Å². The molecule has 0 aliphatic heterocycles. The van der Waals surface area contributed by atoms with Crippen molar-refractivity contribution in [2.75, 3.05) is 25.6 Å². The summed E-state index contributed by atoms with van der Waals surface area (Å²) in [6, 6.07) is 5.36. The fraction of sp³-hybridized carbons (Fsp3) is 0.333. The Labute approximate surface area is 129 Å². The lowest BCUT2D eigenvalue weighted by Crippen LogP contribution is -2.24. The van der Waals surface area contributed by atoms with Gasteiger partial charge in [0.15, 0.2) is 0 Å². The maximum Gasteiger partial charge on any atom is 0.270 e. The number of carbonyl (C=O) groups is 1. The maximum atomic E-state index is 12.2. The average molecular weight is 301 g/mol. The minimum atomic E-state index is -0.239. The Morgan fingerprint density at radius 1 is 1.27 bits per heavy atom. The van der Waals surface area contributed by atoms with Crippen molar-refractivity contribution >= 4 is 11.9 Å². The molecule has 0 fully saturated rings. The van der Waals surface area contributed by atoms with Crippen LogP contribution in [0.1, 0.15) is 21.7 Å². The van der Waals surface area contributed by atoms with Crippen LogP contribution in [0.25, 0.3) is 0 Å². The van der Waals surface area contributed by atoms with E-state index in [0.717, 1.165) is 11.3 Å². The van der Waals surface area contributed by atoms with E-state index in [1.165, 1.54) is 0 Å². The smallest absolute Gasteiger partial charge is 0.270 e. The first-order valence-electron chi connectivity index (χ1n) is 6.94. The second-order valence-electron chi connectivity index (χ2n) is 4.68. The van der Waals surface area contributed by atoms with E-state index in [-0.39, 0.29) is 5.91 Å². The van der Waals surface area contributed by atoms with Gasteiger partial charge in [-0.25, -0.2) is 9.97 Å². The van der Waals surface area contributed by atoms with Crippen LogP contribution in [-0.2, 0) is 11.3 Å². The molecule has 0 aliphatic carbocycles. The van der Waals surface area contributed by atoms with Crippen molar-refractivity contribution in [1.82, 2.24) is 20.3 Å². The molecule has 0 radical (unpaired) electrons. The Bertz CT molecular complexity index is 619. The van der Waals surface area contributed by atoms with Gasteiger partial charge in [0.2, 0.25) is 5.95 Å². The van der Waals surface area contributed by atoms with Gasteiger partial charge in [-0.2, -0.15) is 0 Å². The number of hydrogen-bond donors (Lipinski definition) is 2. The SMILES string of the molecule is COCCNc1nc(C)cc(C(=O)NCc2ccncc2)n1. The number of amides is 1. The monoisotopic (exact) mass is 301 g/mol. The Hall–Kier alpha value is -2.54. The molecule has 2 aromatic rings. The van der Waals surface area contributed by atoms with Crippen molar-refractivity contribution in [3.8, 4) is 0 Å². The predicted molar refractivity (Wildman–Crippen MR) is 82.5 cm³/mol. The van der Waals surface area contributed by atoms with Gasteiger partial charge >= 0.3 is 0 Å². The van der Waals surface area contributed by atoms with E-state index in [1.807, 2.05) is 19.1 Å². The lowest BCUT2D eigenvalue weighted by Gasteiger charge is -2.08. The lowest BCUT2D eigenvalue weighted by atomic mass is 10.2. The van der Waals surface area contributed by atoms with Crippen LogP contribution in [-0.4, -0.2) is 41.1 Å². The first-order chi connectivity index (χ1) is 10.7. The number of carbonyl (C=O) groups excluding carboxylic acids is 1. The highest BCUT2D eigenvalue weighted by Crippen LogP contribution is 2.05. The normalized spacial score (nSPS) is 10.3. The van der Waals surface area contributed by atoms with Gasteiger partial charge in [0.1, 0.15) is 5.69 Å². The second kappa shape index (κ2) is 8.04. The number of anilines is 1. The van der Waals surface area contributed by atoms with Crippen LogP contribution in [0.2, 0.25) is 0 Å². The third-order valence-corrected chi connectivity index (χ3v) is 2.88. The zero-order chi connectivity index (χ0) is 15.8. The number of aryl methyl sites for hydroxylation is 1. The van der Waals surface area contributed by atoms with Gasteiger partial charge < -0.3 is 15.4 Å². The van der Waals surface area contributed by atoms with Gasteiger partial charge in [0, 0.05) is 38.3 Å². The van der Waals surface area contributed by atoms with Crippen molar-refractivity contribution in [3.63, 3.8) is 0 Å². The standard InChI is InChI=1S/C15H19N5O2/c1-11-9-13(20-15(19-11)17-7-8-22-2)14(21)18-10-12-3-5-16-6-4-12/h3-6,9H,7-8,10H2,1-2H3,(H,18,21)(H,17,19,20). The van der Waals surface area contributed by atoms with E-state index >= 15 is 0 Å². The number of hydrogen-bond acceptors (Lipinski definition) is 6. The van der Waals surface area contributed by atoms with E-state index in [0.29, 0.717) is 31.3 Å². The topological polar surface area (TPSA) is 89.0 Å². The van der Waals surface area contributed by atoms with Gasteiger partial charge in [-0.1, -0.05) is 0 Å². The van der Waals surface area contributed by atoms with Crippen LogP contribution in [0.4, 0.5) is 5.95 Å². The molecular formula is C15H19N5O2. The number of nitrogens with one attached hydrogen (secondary N) is 2. The zero-order valence-electron chi connectivity index (χ0n) is 12.7. The Balaban J connectivity index is 1.99. The van der Waals surface area contributed by atoms with Crippen molar-refractivity contribution in [3.05, 3.63) is 47.5 Å². The fourth-order valence-corrected chi connectivity index (χ4v) is 1.80. The van der Waals surface area contributed by atoms with E-state index in [1.54, 1.807) is 25.6 Å².